The molecule has 1 aliphatic carbocycles. The molecule has 5 heteroatoms. The number of carbonyl (C=O) groups is 1. The van der Waals surface area contributed by atoms with E-state index in [2.05, 4.69) is 19.0 Å². The topological polar surface area (TPSA) is 78.9 Å². The zero-order chi connectivity index (χ0) is 14.5. The monoisotopic (exact) mass is 269 g/mol. The highest BCUT2D eigenvalue weighted by Crippen LogP contribution is 2.43. The predicted octanol–water partition coefficient (Wildman–Crippen LogP) is 2.19. The summed E-state index contributed by atoms with van der Waals surface area (Å²) in [4.78, 5) is 14.6. The standard InChI is InChI=1S/C14H27N3O2/c1-4-11(5-2)10-17(6-3)13(18)14(8-7-9-14)12(15)16-19/h11,19H,4-10H2,1-3H3,(H2,15,16). The van der Waals surface area contributed by atoms with Crippen molar-refractivity contribution in [2.24, 2.45) is 22.2 Å². The molecular weight excluding hydrogens is 242 g/mol. The first kappa shape index (κ1) is 15.8. The molecule has 1 fully saturated rings. The summed E-state index contributed by atoms with van der Waals surface area (Å²) >= 11 is 0. The lowest BCUT2D eigenvalue weighted by Crippen LogP contribution is -2.55. The van der Waals surface area contributed by atoms with Gasteiger partial charge < -0.3 is 15.8 Å². The Hall–Kier alpha value is -1.26. The van der Waals surface area contributed by atoms with Gasteiger partial charge >= 0.3 is 0 Å². The Labute approximate surface area is 115 Å². The van der Waals surface area contributed by atoms with E-state index in [4.69, 9.17) is 10.9 Å². The Balaban J connectivity index is 2.83. The molecule has 0 aliphatic heterocycles. The first-order valence-electron chi connectivity index (χ1n) is 7.33. The number of oxime groups is 1. The average molecular weight is 269 g/mol. The maximum Gasteiger partial charge on any atom is 0.236 e. The fourth-order valence-corrected chi connectivity index (χ4v) is 2.72. The molecule has 0 radical (unpaired) electrons. The second kappa shape index (κ2) is 6.78. The summed E-state index contributed by atoms with van der Waals surface area (Å²) in [6.45, 7) is 7.72. The van der Waals surface area contributed by atoms with Crippen LogP contribution in [-0.4, -0.2) is 34.9 Å². The van der Waals surface area contributed by atoms with Crippen molar-refractivity contribution in [3.8, 4) is 0 Å². The number of amides is 1. The minimum absolute atomic E-state index is 0.0310. The highest BCUT2D eigenvalue weighted by Gasteiger charge is 2.50. The summed E-state index contributed by atoms with van der Waals surface area (Å²) < 4.78 is 0. The van der Waals surface area contributed by atoms with Crippen LogP contribution in [0.1, 0.15) is 52.9 Å². The van der Waals surface area contributed by atoms with Crippen LogP contribution in [-0.2, 0) is 4.79 Å². The Morgan fingerprint density at radius 3 is 2.26 bits per heavy atom. The molecule has 1 aliphatic rings. The second-order valence-electron chi connectivity index (χ2n) is 5.45. The van der Waals surface area contributed by atoms with Gasteiger partial charge in [-0.2, -0.15) is 0 Å². The van der Waals surface area contributed by atoms with E-state index in [0.29, 0.717) is 25.3 Å². The van der Waals surface area contributed by atoms with Crippen LogP contribution in [0.15, 0.2) is 5.16 Å². The van der Waals surface area contributed by atoms with Gasteiger partial charge in [-0.05, 0) is 25.7 Å². The number of rotatable bonds is 7. The molecule has 0 bridgehead atoms. The molecule has 5 nitrogen and oxygen atoms in total. The fraction of sp³-hybridized carbons (Fsp3) is 0.857. The van der Waals surface area contributed by atoms with Crippen molar-refractivity contribution in [1.29, 1.82) is 0 Å². The van der Waals surface area contributed by atoms with E-state index >= 15 is 0 Å². The number of carbonyl (C=O) groups excluding carboxylic acids is 1. The van der Waals surface area contributed by atoms with Crippen LogP contribution >= 0.6 is 0 Å². The molecule has 0 aromatic rings. The van der Waals surface area contributed by atoms with Crippen LogP contribution in [0.3, 0.4) is 0 Å². The molecule has 3 N–H and O–H groups in total. The van der Waals surface area contributed by atoms with Crippen LogP contribution in [0, 0.1) is 11.3 Å². The number of nitrogens with two attached hydrogens (primary N) is 1. The normalized spacial score (nSPS) is 18.2. The third-order valence-electron chi connectivity index (χ3n) is 4.52. The first-order chi connectivity index (χ1) is 9.05. The molecule has 1 rings (SSSR count). The molecule has 1 amide bonds. The zero-order valence-electron chi connectivity index (χ0n) is 12.4. The van der Waals surface area contributed by atoms with Gasteiger partial charge in [0.2, 0.25) is 5.91 Å². The van der Waals surface area contributed by atoms with E-state index in [-0.39, 0.29) is 11.7 Å². The molecule has 1 saturated carbocycles. The maximum atomic E-state index is 12.7. The largest absolute Gasteiger partial charge is 0.409 e. The fourth-order valence-electron chi connectivity index (χ4n) is 2.72. The van der Waals surface area contributed by atoms with E-state index in [0.717, 1.165) is 25.8 Å². The van der Waals surface area contributed by atoms with Crippen LogP contribution in [0.25, 0.3) is 0 Å². The summed E-state index contributed by atoms with van der Waals surface area (Å²) in [5.41, 5.74) is 5.02. The van der Waals surface area contributed by atoms with E-state index in [1.54, 1.807) is 0 Å². The minimum Gasteiger partial charge on any atom is -0.409 e. The average Bonchev–Trinajstić information content (AvgIpc) is 2.38. The smallest absolute Gasteiger partial charge is 0.236 e. The van der Waals surface area contributed by atoms with Crippen molar-refractivity contribution in [3.63, 3.8) is 0 Å². The Morgan fingerprint density at radius 2 is 1.95 bits per heavy atom. The van der Waals surface area contributed by atoms with Crippen molar-refractivity contribution in [3.05, 3.63) is 0 Å². The molecular formula is C14H27N3O2. The summed E-state index contributed by atoms with van der Waals surface area (Å²) in [6, 6.07) is 0. The molecule has 19 heavy (non-hydrogen) atoms. The summed E-state index contributed by atoms with van der Waals surface area (Å²) in [7, 11) is 0. The van der Waals surface area contributed by atoms with Crippen molar-refractivity contribution in [1.82, 2.24) is 4.90 Å². The molecule has 0 saturated heterocycles. The van der Waals surface area contributed by atoms with Gasteiger partial charge in [-0.1, -0.05) is 38.3 Å². The Morgan fingerprint density at radius 1 is 1.37 bits per heavy atom. The molecule has 0 atom stereocenters. The summed E-state index contributed by atoms with van der Waals surface area (Å²) in [5.74, 6) is 0.628. The molecule has 0 aromatic heterocycles. The van der Waals surface area contributed by atoms with Gasteiger partial charge in [0.25, 0.3) is 0 Å². The highest BCUT2D eigenvalue weighted by atomic mass is 16.4. The molecule has 0 spiro atoms. The predicted molar refractivity (Wildman–Crippen MR) is 76.0 cm³/mol. The van der Waals surface area contributed by atoms with E-state index < -0.39 is 5.41 Å². The molecule has 0 heterocycles. The van der Waals surface area contributed by atoms with E-state index in [9.17, 15) is 4.79 Å². The van der Waals surface area contributed by atoms with Gasteiger partial charge in [0.15, 0.2) is 5.84 Å². The number of hydrogen-bond donors (Lipinski definition) is 2. The highest BCUT2D eigenvalue weighted by molar-refractivity contribution is 6.07. The van der Waals surface area contributed by atoms with Gasteiger partial charge in [0, 0.05) is 13.1 Å². The minimum atomic E-state index is -0.739. The third-order valence-corrected chi connectivity index (χ3v) is 4.52. The van der Waals surface area contributed by atoms with Crippen LogP contribution < -0.4 is 5.73 Å². The van der Waals surface area contributed by atoms with Crippen LogP contribution in [0.4, 0.5) is 0 Å². The van der Waals surface area contributed by atoms with Gasteiger partial charge in [0.1, 0.15) is 5.41 Å². The lowest BCUT2D eigenvalue weighted by molar-refractivity contribution is -0.142. The lowest BCUT2D eigenvalue weighted by atomic mass is 9.66. The first-order valence-corrected chi connectivity index (χ1v) is 7.33. The van der Waals surface area contributed by atoms with Gasteiger partial charge in [0.05, 0.1) is 0 Å². The molecule has 0 unspecified atom stereocenters. The van der Waals surface area contributed by atoms with Crippen LogP contribution in [0.5, 0.6) is 0 Å². The molecule has 110 valence electrons. The van der Waals surface area contributed by atoms with Gasteiger partial charge in [-0.25, -0.2) is 0 Å². The third kappa shape index (κ3) is 3.01. The molecule has 0 aromatic carbocycles. The van der Waals surface area contributed by atoms with Gasteiger partial charge in [-0.3, -0.25) is 4.79 Å². The van der Waals surface area contributed by atoms with Crippen LogP contribution in [0.2, 0.25) is 0 Å². The summed E-state index contributed by atoms with van der Waals surface area (Å²) in [6.07, 6.45) is 4.49. The number of hydrogen-bond acceptors (Lipinski definition) is 3. The number of amidine groups is 1. The van der Waals surface area contributed by atoms with Crippen molar-refractivity contribution < 1.29 is 10.0 Å². The van der Waals surface area contributed by atoms with E-state index in [1.165, 1.54) is 0 Å². The van der Waals surface area contributed by atoms with Crippen molar-refractivity contribution in [2.75, 3.05) is 13.1 Å². The number of nitrogens with zero attached hydrogens (tertiary/aromatic N) is 2. The Bertz CT molecular complexity index is 334. The second-order valence-corrected chi connectivity index (χ2v) is 5.45. The maximum absolute atomic E-state index is 12.7. The van der Waals surface area contributed by atoms with Crippen molar-refractivity contribution >= 4 is 11.7 Å². The Kier molecular flexibility index (Phi) is 5.63. The van der Waals surface area contributed by atoms with Gasteiger partial charge in [-0.15, -0.1) is 0 Å². The lowest BCUT2D eigenvalue weighted by Gasteiger charge is -2.42. The van der Waals surface area contributed by atoms with E-state index in [1.807, 2.05) is 11.8 Å². The SMILES string of the molecule is CCC(CC)CN(CC)C(=O)C1(C(N)=NO)CCC1. The van der Waals surface area contributed by atoms with Crippen molar-refractivity contribution in [2.45, 2.75) is 52.9 Å². The summed E-state index contributed by atoms with van der Waals surface area (Å²) in [5, 5.41) is 12.0. The quantitative estimate of drug-likeness (QED) is 0.322. The zero-order valence-corrected chi connectivity index (χ0v) is 12.4.